The van der Waals surface area contributed by atoms with E-state index in [1.165, 1.54) is 0 Å². The van der Waals surface area contributed by atoms with Crippen molar-refractivity contribution in [2.45, 2.75) is 38.8 Å². The number of carbonyl (C=O) groups excluding carboxylic acids is 1. The second-order valence-corrected chi connectivity index (χ2v) is 5.79. The number of aliphatic carboxylic acids is 1. The Kier molecular flexibility index (Phi) is 5.39. The van der Waals surface area contributed by atoms with Crippen LogP contribution in [-0.2, 0) is 9.53 Å². The van der Waals surface area contributed by atoms with Crippen LogP contribution in [-0.4, -0.2) is 22.8 Å². The predicted octanol–water partition coefficient (Wildman–Crippen LogP) is 3.38. The number of amides is 1. The molecule has 1 aromatic rings. The summed E-state index contributed by atoms with van der Waals surface area (Å²) in [6.07, 6.45) is -0.914. The Hall–Kier alpha value is -1.75. The highest BCUT2D eigenvalue weighted by atomic mass is 35.5. The number of hydrogen-bond donors (Lipinski definition) is 2. The monoisotopic (exact) mass is 299 g/mol. The number of ether oxygens (including phenoxy) is 1. The summed E-state index contributed by atoms with van der Waals surface area (Å²) >= 11 is 5.88. The zero-order chi connectivity index (χ0) is 15.3. The van der Waals surface area contributed by atoms with Crippen molar-refractivity contribution in [2.24, 2.45) is 0 Å². The Bertz CT molecular complexity index is 496. The first kappa shape index (κ1) is 16.3. The Morgan fingerprint density at radius 1 is 1.40 bits per heavy atom. The maximum atomic E-state index is 11.7. The van der Waals surface area contributed by atoms with Gasteiger partial charge in [0.15, 0.2) is 0 Å². The minimum absolute atomic E-state index is 0.250. The topological polar surface area (TPSA) is 75.6 Å². The van der Waals surface area contributed by atoms with Crippen molar-refractivity contribution in [2.75, 3.05) is 0 Å². The maximum Gasteiger partial charge on any atom is 0.408 e. The van der Waals surface area contributed by atoms with Crippen molar-refractivity contribution in [1.29, 1.82) is 0 Å². The van der Waals surface area contributed by atoms with Gasteiger partial charge in [0.05, 0.1) is 12.5 Å². The number of nitrogens with one attached hydrogen (secondary N) is 1. The molecule has 1 rings (SSSR count). The fourth-order valence-electron chi connectivity index (χ4n) is 1.60. The highest BCUT2D eigenvalue weighted by molar-refractivity contribution is 6.30. The molecule has 0 aliphatic heterocycles. The van der Waals surface area contributed by atoms with E-state index in [-0.39, 0.29) is 6.42 Å². The van der Waals surface area contributed by atoms with Crippen molar-refractivity contribution in [3.05, 3.63) is 34.9 Å². The number of carboxylic acids is 1. The molecule has 2 N–H and O–H groups in total. The number of carboxylic acid groups (broad SMARTS) is 1. The molecule has 0 spiro atoms. The lowest BCUT2D eigenvalue weighted by molar-refractivity contribution is -0.137. The molecule has 1 atom stereocenters. The fraction of sp³-hybridized carbons (Fsp3) is 0.429. The highest BCUT2D eigenvalue weighted by Gasteiger charge is 2.22. The smallest absolute Gasteiger partial charge is 0.408 e. The third kappa shape index (κ3) is 5.93. The second kappa shape index (κ2) is 6.61. The molecule has 0 aliphatic carbocycles. The van der Waals surface area contributed by atoms with Gasteiger partial charge in [-0.05, 0) is 38.5 Å². The number of carbonyl (C=O) groups is 2. The van der Waals surface area contributed by atoms with E-state index in [1.807, 2.05) is 0 Å². The van der Waals surface area contributed by atoms with Gasteiger partial charge in [-0.2, -0.15) is 0 Å². The molecule has 0 radical (unpaired) electrons. The lowest BCUT2D eigenvalue weighted by atomic mass is 10.0. The summed E-state index contributed by atoms with van der Waals surface area (Å²) in [5.74, 6) is -1.02. The Balaban J connectivity index is 2.85. The van der Waals surface area contributed by atoms with Crippen molar-refractivity contribution < 1.29 is 19.4 Å². The summed E-state index contributed by atoms with van der Waals surface area (Å²) in [6.45, 7) is 5.20. The number of hydrogen-bond acceptors (Lipinski definition) is 3. The number of alkyl carbamates (subject to hydrolysis) is 1. The van der Waals surface area contributed by atoms with E-state index in [0.29, 0.717) is 10.6 Å². The van der Waals surface area contributed by atoms with E-state index in [1.54, 1.807) is 45.0 Å². The zero-order valence-electron chi connectivity index (χ0n) is 11.6. The lowest BCUT2D eigenvalue weighted by Gasteiger charge is -2.23. The molecule has 1 aromatic carbocycles. The van der Waals surface area contributed by atoms with Crippen LogP contribution in [0.1, 0.15) is 38.8 Å². The van der Waals surface area contributed by atoms with Gasteiger partial charge in [0.2, 0.25) is 0 Å². The van der Waals surface area contributed by atoms with Crippen LogP contribution >= 0.6 is 11.6 Å². The van der Waals surface area contributed by atoms with Crippen molar-refractivity contribution in [3.8, 4) is 0 Å². The average Bonchev–Trinajstić information content (AvgIpc) is 2.24. The van der Waals surface area contributed by atoms with Crippen molar-refractivity contribution >= 4 is 23.7 Å². The van der Waals surface area contributed by atoms with Crippen LogP contribution in [0.5, 0.6) is 0 Å². The minimum atomic E-state index is -1.02. The Labute approximate surface area is 122 Å². The molecule has 0 unspecified atom stereocenters. The van der Waals surface area contributed by atoms with E-state index < -0.39 is 23.7 Å². The third-order valence-electron chi connectivity index (χ3n) is 2.32. The van der Waals surface area contributed by atoms with E-state index in [0.717, 1.165) is 0 Å². The van der Waals surface area contributed by atoms with E-state index in [9.17, 15) is 9.59 Å². The quantitative estimate of drug-likeness (QED) is 0.893. The van der Waals surface area contributed by atoms with E-state index in [2.05, 4.69) is 5.32 Å². The molecule has 20 heavy (non-hydrogen) atoms. The first-order chi connectivity index (χ1) is 9.17. The summed E-state index contributed by atoms with van der Waals surface area (Å²) < 4.78 is 5.13. The van der Waals surface area contributed by atoms with Gasteiger partial charge in [-0.1, -0.05) is 23.7 Å². The number of rotatable bonds is 4. The zero-order valence-corrected chi connectivity index (χ0v) is 12.4. The third-order valence-corrected chi connectivity index (χ3v) is 2.56. The van der Waals surface area contributed by atoms with Gasteiger partial charge < -0.3 is 15.2 Å². The van der Waals surface area contributed by atoms with Crippen molar-refractivity contribution in [1.82, 2.24) is 5.32 Å². The van der Waals surface area contributed by atoms with Crippen LogP contribution in [0.15, 0.2) is 24.3 Å². The standard InChI is InChI=1S/C14H18ClNO4/c1-14(2,3)20-13(19)16-11(8-12(17)18)9-5-4-6-10(15)7-9/h4-7,11H,8H2,1-3H3,(H,16,19)(H,17,18)/t11-/m0/s1. The molecule has 0 aliphatic rings. The fourth-order valence-corrected chi connectivity index (χ4v) is 1.80. The van der Waals surface area contributed by atoms with Gasteiger partial charge in [-0.15, -0.1) is 0 Å². The largest absolute Gasteiger partial charge is 0.481 e. The summed E-state index contributed by atoms with van der Waals surface area (Å²) in [5.41, 5.74) is -0.0302. The highest BCUT2D eigenvalue weighted by Crippen LogP contribution is 2.21. The Morgan fingerprint density at radius 3 is 2.55 bits per heavy atom. The molecule has 0 saturated carbocycles. The molecule has 5 nitrogen and oxygen atoms in total. The van der Waals surface area contributed by atoms with Crippen LogP contribution in [0.25, 0.3) is 0 Å². The summed E-state index contributed by atoms with van der Waals surface area (Å²) in [4.78, 5) is 22.7. The molecule has 0 heterocycles. The molecule has 0 saturated heterocycles. The van der Waals surface area contributed by atoms with E-state index in [4.69, 9.17) is 21.4 Å². The van der Waals surface area contributed by atoms with Gasteiger partial charge in [0, 0.05) is 5.02 Å². The van der Waals surface area contributed by atoms with Gasteiger partial charge in [0.25, 0.3) is 0 Å². The molecule has 110 valence electrons. The normalized spacial score (nSPS) is 12.6. The molecule has 6 heteroatoms. The van der Waals surface area contributed by atoms with E-state index >= 15 is 0 Å². The van der Waals surface area contributed by atoms with Gasteiger partial charge >= 0.3 is 12.1 Å². The molecule has 0 aromatic heterocycles. The molecular weight excluding hydrogens is 282 g/mol. The SMILES string of the molecule is CC(C)(C)OC(=O)N[C@@H](CC(=O)O)c1cccc(Cl)c1. The summed E-state index contributed by atoms with van der Waals surface area (Å²) in [6, 6.07) is 6.00. The average molecular weight is 300 g/mol. The lowest BCUT2D eigenvalue weighted by Crippen LogP contribution is -2.35. The van der Waals surface area contributed by atoms with Crippen LogP contribution in [0.3, 0.4) is 0 Å². The molecule has 0 bridgehead atoms. The maximum absolute atomic E-state index is 11.7. The first-order valence-corrected chi connectivity index (χ1v) is 6.52. The van der Waals surface area contributed by atoms with Gasteiger partial charge in [-0.3, -0.25) is 4.79 Å². The van der Waals surface area contributed by atoms with Crippen LogP contribution in [0.4, 0.5) is 4.79 Å². The number of halogens is 1. The summed E-state index contributed by atoms with van der Waals surface area (Å²) in [7, 11) is 0. The predicted molar refractivity (Wildman–Crippen MR) is 75.8 cm³/mol. The minimum Gasteiger partial charge on any atom is -0.481 e. The first-order valence-electron chi connectivity index (χ1n) is 6.14. The van der Waals surface area contributed by atoms with Crippen molar-refractivity contribution in [3.63, 3.8) is 0 Å². The second-order valence-electron chi connectivity index (χ2n) is 5.35. The van der Waals surface area contributed by atoms with Gasteiger partial charge in [0.1, 0.15) is 5.60 Å². The Morgan fingerprint density at radius 2 is 2.05 bits per heavy atom. The molecular formula is C14H18ClNO4. The van der Waals surface area contributed by atoms with Crippen LogP contribution < -0.4 is 5.32 Å². The molecule has 1 amide bonds. The van der Waals surface area contributed by atoms with Crippen LogP contribution in [0, 0.1) is 0 Å². The molecule has 0 fully saturated rings. The van der Waals surface area contributed by atoms with Gasteiger partial charge in [-0.25, -0.2) is 4.79 Å². The summed E-state index contributed by atoms with van der Waals surface area (Å²) in [5, 5.41) is 12.0. The van der Waals surface area contributed by atoms with Crippen LogP contribution in [0.2, 0.25) is 5.02 Å². The number of benzene rings is 1.